The van der Waals surface area contributed by atoms with Gasteiger partial charge in [0, 0.05) is 6.07 Å². The molecule has 0 aliphatic carbocycles. The maximum Gasteiger partial charge on any atom is 0.282 e. The lowest BCUT2D eigenvalue weighted by Crippen LogP contribution is -2.14. The van der Waals surface area contributed by atoms with Crippen LogP contribution < -0.4 is 10.1 Å². The van der Waals surface area contributed by atoms with E-state index in [0.29, 0.717) is 11.4 Å². The van der Waals surface area contributed by atoms with E-state index in [1.54, 1.807) is 24.3 Å². The highest BCUT2D eigenvalue weighted by Gasteiger charge is 2.21. The van der Waals surface area contributed by atoms with E-state index in [1.807, 2.05) is 0 Å². The fourth-order valence-corrected chi connectivity index (χ4v) is 1.79. The summed E-state index contributed by atoms with van der Waals surface area (Å²) < 4.78 is 18.3. The van der Waals surface area contributed by atoms with Gasteiger partial charge in [0.15, 0.2) is 0 Å². The highest BCUT2D eigenvalue weighted by molar-refractivity contribution is 6.07. The number of halogens is 1. The number of nitrogens with one attached hydrogen (secondary N) is 1. The number of ether oxygens (including phenoxy) is 1. The van der Waals surface area contributed by atoms with Crippen LogP contribution in [0.2, 0.25) is 0 Å². The van der Waals surface area contributed by atoms with Gasteiger partial charge in [0.05, 0.1) is 17.7 Å². The second-order valence-electron chi connectivity index (χ2n) is 4.07. The number of amides is 1. The summed E-state index contributed by atoms with van der Waals surface area (Å²) in [7, 11) is 1.43. The number of benzene rings is 2. The summed E-state index contributed by atoms with van der Waals surface area (Å²) >= 11 is 0. The summed E-state index contributed by atoms with van der Waals surface area (Å²) in [5.74, 6) is -1.12. The van der Waals surface area contributed by atoms with Gasteiger partial charge >= 0.3 is 0 Å². The normalized spacial score (nSPS) is 10.0. The molecule has 21 heavy (non-hydrogen) atoms. The van der Waals surface area contributed by atoms with Crippen molar-refractivity contribution >= 4 is 17.3 Å². The van der Waals surface area contributed by atoms with E-state index in [-0.39, 0.29) is 5.56 Å². The highest BCUT2D eigenvalue weighted by atomic mass is 19.1. The first-order chi connectivity index (χ1) is 10.0. The van der Waals surface area contributed by atoms with Crippen LogP contribution in [0, 0.1) is 15.9 Å². The van der Waals surface area contributed by atoms with E-state index in [0.717, 1.165) is 18.2 Å². The quantitative estimate of drug-likeness (QED) is 0.693. The number of anilines is 1. The molecular weight excluding hydrogens is 279 g/mol. The summed E-state index contributed by atoms with van der Waals surface area (Å²) in [5.41, 5.74) is -0.488. The molecule has 0 spiro atoms. The van der Waals surface area contributed by atoms with Crippen molar-refractivity contribution in [1.29, 1.82) is 0 Å². The fraction of sp³-hybridized carbons (Fsp3) is 0.0714. The van der Waals surface area contributed by atoms with Crippen molar-refractivity contribution in [2.45, 2.75) is 0 Å². The van der Waals surface area contributed by atoms with Crippen LogP contribution in [0.15, 0.2) is 42.5 Å². The minimum absolute atomic E-state index is 0.337. The number of carbonyl (C=O) groups is 1. The van der Waals surface area contributed by atoms with Crippen LogP contribution >= 0.6 is 0 Å². The Labute approximate surface area is 119 Å². The lowest BCUT2D eigenvalue weighted by molar-refractivity contribution is -0.385. The molecule has 0 unspecified atom stereocenters. The van der Waals surface area contributed by atoms with Gasteiger partial charge in [-0.1, -0.05) is 12.1 Å². The number of rotatable bonds is 4. The molecule has 1 amide bonds. The fourth-order valence-electron chi connectivity index (χ4n) is 1.79. The molecule has 0 aromatic heterocycles. The van der Waals surface area contributed by atoms with Gasteiger partial charge in [0.1, 0.15) is 17.1 Å². The molecule has 6 nitrogen and oxygen atoms in total. The van der Waals surface area contributed by atoms with Crippen molar-refractivity contribution in [2.75, 3.05) is 12.4 Å². The van der Waals surface area contributed by atoms with Crippen LogP contribution in [0.1, 0.15) is 10.4 Å². The molecule has 7 heteroatoms. The smallest absolute Gasteiger partial charge is 0.282 e. The minimum atomic E-state index is -0.786. The van der Waals surface area contributed by atoms with Gasteiger partial charge < -0.3 is 10.1 Å². The Morgan fingerprint density at radius 3 is 2.67 bits per heavy atom. The second kappa shape index (κ2) is 6.00. The molecule has 0 aliphatic rings. The third-order valence-corrected chi connectivity index (χ3v) is 2.76. The number of carbonyl (C=O) groups excluding carboxylic acids is 1. The zero-order valence-electron chi connectivity index (χ0n) is 11.0. The average Bonchev–Trinajstić information content (AvgIpc) is 2.47. The van der Waals surface area contributed by atoms with Crippen LogP contribution in [0.3, 0.4) is 0 Å². The van der Waals surface area contributed by atoms with Crippen LogP contribution in [0.5, 0.6) is 5.75 Å². The molecule has 0 heterocycles. The van der Waals surface area contributed by atoms with Crippen molar-refractivity contribution in [1.82, 2.24) is 0 Å². The molecule has 0 saturated carbocycles. The van der Waals surface area contributed by atoms with Gasteiger partial charge in [0.25, 0.3) is 11.6 Å². The van der Waals surface area contributed by atoms with Crippen molar-refractivity contribution in [3.63, 3.8) is 0 Å². The topological polar surface area (TPSA) is 81.5 Å². The Hall–Kier alpha value is -2.96. The summed E-state index contributed by atoms with van der Waals surface area (Å²) in [6.45, 7) is 0. The molecule has 0 fully saturated rings. The van der Waals surface area contributed by atoms with Crippen molar-refractivity contribution < 1.29 is 18.8 Å². The molecule has 2 aromatic rings. The van der Waals surface area contributed by atoms with E-state index in [4.69, 9.17) is 4.74 Å². The SMILES string of the molecule is COc1ccccc1NC(=O)c1cc(F)ccc1[N+](=O)[O-]. The molecule has 0 radical (unpaired) electrons. The Morgan fingerprint density at radius 1 is 1.29 bits per heavy atom. The lowest BCUT2D eigenvalue weighted by Gasteiger charge is -2.10. The number of nitro groups is 1. The maximum atomic E-state index is 13.2. The van der Waals surface area contributed by atoms with E-state index in [2.05, 4.69) is 5.32 Å². The maximum absolute atomic E-state index is 13.2. The van der Waals surface area contributed by atoms with Gasteiger partial charge in [-0.25, -0.2) is 4.39 Å². The first-order valence-corrected chi connectivity index (χ1v) is 5.91. The summed E-state index contributed by atoms with van der Waals surface area (Å²) in [6, 6.07) is 9.27. The standard InChI is InChI=1S/C14H11FN2O4/c1-21-13-5-3-2-4-11(13)16-14(18)10-8-9(15)6-7-12(10)17(19)20/h2-8H,1H3,(H,16,18). The Morgan fingerprint density at radius 2 is 2.00 bits per heavy atom. The number of nitrogens with zero attached hydrogens (tertiary/aromatic N) is 1. The Bertz CT molecular complexity index is 703. The zero-order chi connectivity index (χ0) is 15.4. The van der Waals surface area contributed by atoms with E-state index in [9.17, 15) is 19.3 Å². The second-order valence-corrected chi connectivity index (χ2v) is 4.07. The molecule has 2 rings (SSSR count). The summed E-state index contributed by atoms with van der Waals surface area (Å²) in [5, 5.41) is 13.4. The molecule has 0 atom stereocenters. The zero-order valence-corrected chi connectivity index (χ0v) is 11.0. The molecule has 2 aromatic carbocycles. The predicted molar refractivity (Wildman–Crippen MR) is 74.0 cm³/mol. The Balaban J connectivity index is 2.37. The van der Waals surface area contributed by atoms with Gasteiger partial charge in [-0.05, 0) is 24.3 Å². The summed E-state index contributed by atoms with van der Waals surface area (Å²) in [6.07, 6.45) is 0. The highest BCUT2D eigenvalue weighted by Crippen LogP contribution is 2.26. The number of hydrogen-bond acceptors (Lipinski definition) is 4. The number of nitro benzene ring substituents is 1. The molecule has 1 N–H and O–H groups in total. The average molecular weight is 290 g/mol. The first-order valence-electron chi connectivity index (χ1n) is 5.91. The minimum Gasteiger partial charge on any atom is -0.495 e. The van der Waals surface area contributed by atoms with Gasteiger partial charge in [0.2, 0.25) is 0 Å². The van der Waals surface area contributed by atoms with Crippen molar-refractivity contribution in [3.8, 4) is 5.75 Å². The third-order valence-electron chi connectivity index (χ3n) is 2.76. The monoisotopic (exact) mass is 290 g/mol. The molecule has 108 valence electrons. The Kier molecular flexibility index (Phi) is 4.13. The van der Waals surface area contributed by atoms with Crippen molar-refractivity contribution in [2.24, 2.45) is 0 Å². The van der Waals surface area contributed by atoms with E-state index >= 15 is 0 Å². The van der Waals surface area contributed by atoms with Crippen LogP contribution in [0.4, 0.5) is 15.8 Å². The van der Waals surface area contributed by atoms with E-state index in [1.165, 1.54) is 7.11 Å². The number of hydrogen-bond donors (Lipinski definition) is 1. The van der Waals surface area contributed by atoms with Crippen LogP contribution in [0.25, 0.3) is 0 Å². The van der Waals surface area contributed by atoms with Crippen LogP contribution in [-0.4, -0.2) is 17.9 Å². The number of para-hydroxylation sites is 2. The van der Waals surface area contributed by atoms with Gasteiger partial charge in [-0.2, -0.15) is 0 Å². The molecule has 0 saturated heterocycles. The third kappa shape index (κ3) is 3.14. The molecular formula is C14H11FN2O4. The number of methoxy groups -OCH3 is 1. The first kappa shape index (κ1) is 14.4. The van der Waals surface area contributed by atoms with Crippen molar-refractivity contribution in [3.05, 3.63) is 64.0 Å². The largest absolute Gasteiger partial charge is 0.495 e. The predicted octanol–water partition coefficient (Wildman–Crippen LogP) is 2.99. The van der Waals surface area contributed by atoms with Gasteiger partial charge in [-0.15, -0.1) is 0 Å². The van der Waals surface area contributed by atoms with E-state index < -0.39 is 22.3 Å². The van der Waals surface area contributed by atoms with Crippen LogP contribution in [-0.2, 0) is 0 Å². The van der Waals surface area contributed by atoms with Gasteiger partial charge in [-0.3, -0.25) is 14.9 Å². The molecule has 0 aliphatic heterocycles. The lowest BCUT2D eigenvalue weighted by atomic mass is 10.1. The summed E-state index contributed by atoms with van der Waals surface area (Å²) in [4.78, 5) is 22.3. The molecule has 0 bridgehead atoms.